The molecule has 1 aliphatic rings. The minimum absolute atomic E-state index is 1.04. The number of nitrogens with zero attached hydrogens (tertiary/aromatic N) is 2. The molecule has 1 aliphatic carbocycles. The second-order valence-electron chi connectivity index (χ2n) is 4.37. The molecule has 0 radical (unpaired) electrons. The van der Waals surface area contributed by atoms with Gasteiger partial charge in [-0.05, 0) is 39.8 Å². The van der Waals surface area contributed by atoms with Gasteiger partial charge in [-0.15, -0.1) is 0 Å². The first kappa shape index (κ1) is 9.71. The number of hydrogen-bond donors (Lipinski definition) is 1. The molecule has 78 valence electrons. The maximum atomic E-state index is 4.64. The minimum atomic E-state index is 1.04. The summed E-state index contributed by atoms with van der Waals surface area (Å²) in [6.45, 7) is 1.08. The van der Waals surface area contributed by atoms with Crippen LogP contribution in [0.2, 0.25) is 0 Å². The van der Waals surface area contributed by atoms with Gasteiger partial charge in [-0.3, -0.25) is 0 Å². The van der Waals surface area contributed by atoms with Crippen LogP contribution >= 0.6 is 0 Å². The number of rotatable bonds is 3. The van der Waals surface area contributed by atoms with Gasteiger partial charge in [0.2, 0.25) is 0 Å². The van der Waals surface area contributed by atoms with E-state index in [0.717, 1.165) is 13.0 Å². The summed E-state index contributed by atoms with van der Waals surface area (Å²) in [4.78, 5) is 10.3. The highest BCUT2D eigenvalue weighted by Crippen LogP contribution is 2.18. The molecule has 1 aromatic heterocycles. The molecular weight excluding hydrogens is 174 g/mol. The van der Waals surface area contributed by atoms with Crippen molar-refractivity contribution in [2.45, 2.75) is 32.1 Å². The van der Waals surface area contributed by atoms with Gasteiger partial charge < -0.3 is 9.88 Å². The summed E-state index contributed by atoms with van der Waals surface area (Å²) in [6.07, 6.45) is 6.05. The minimum Gasteiger partial charge on any atom is -0.346 e. The summed E-state index contributed by atoms with van der Waals surface area (Å²) < 4.78 is 0. The summed E-state index contributed by atoms with van der Waals surface area (Å²) in [5, 5.41) is 0. The summed E-state index contributed by atoms with van der Waals surface area (Å²) in [5.41, 5.74) is 2.72. The third-order valence-corrected chi connectivity index (χ3v) is 2.80. The van der Waals surface area contributed by atoms with Gasteiger partial charge in [0, 0.05) is 18.7 Å². The molecule has 1 aromatic rings. The molecule has 1 heterocycles. The van der Waals surface area contributed by atoms with E-state index in [0.29, 0.717) is 0 Å². The lowest BCUT2D eigenvalue weighted by molar-refractivity contribution is 0.410. The van der Waals surface area contributed by atoms with Gasteiger partial charge >= 0.3 is 0 Å². The fourth-order valence-corrected chi connectivity index (χ4v) is 1.96. The average Bonchev–Trinajstić information content (AvgIpc) is 2.57. The molecule has 0 unspecified atom stereocenters. The fraction of sp³-hybridized carbons (Fsp3) is 0.727. The first-order valence-electron chi connectivity index (χ1n) is 5.47. The summed E-state index contributed by atoms with van der Waals surface area (Å²) in [7, 11) is 4.20. The zero-order valence-electron chi connectivity index (χ0n) is 9.14. The molecular formula is C11H19N3. The molecule has 3 heteroatoms. The highest BCUT2D eigenvalue weighted by atomic mass is 15.1. The van der Waals surface area contributed by atoms with Crippen LogP contribution in [-0.4, -0.2) is 35.5 Å². The number of aryl methyl sites for hydroxylation is 2. The maximum Gasteiger partial charge on any atom is 0.107 e. The SMILES string of the molecule is CN(C)CCc1nc2c([nH]1)CCCC2. The van der Waals surface area contributed by atoms with Gasteiger partial charge in [0.1, 0.15) is 5.82 Å². The molecule has 3 nitrogen and oxygen atoms in total. The van der Waals surface area contributed by atoms with E-state index in [1.165, 1.54) is 42.9 Å². The molecule has 0 saturated carbocycles. The van der Waals surface area contributed by atoms with Crippen LogP contribution in [0.5, 0.6) is 0 Å². The Labute approximate surface area is 85.5 Å². The number of nitrogens with one attached hydrogen (secondary N) is 1. The van der Waals surface area contributed by atoms with Crippen LogP contribution in [0.1, 0.15) is 30.1 Å². The molecule has 0 spiro atoms. The Balaban J connectivity index is 2.01. The Kier molecular flexibility index (Phi) is 2.87. The first-order chi connectivity index (χ1) is 6.75. The molecule has 1 N–H and O–H groups in total. The number of imidazole rings is 1. The van der Waals surface area contributed by atoms with Crippen molar-refractivity contribution in [1.82, 2.24) is 14.9 Å². The third-order valence-electron chi connectivity index (χ3n) is 2.80. The van der Waals surface area contributed by atoms with Gasteiger partial charge in [-0.25, -0.2) is 4.98 Å². The number of H-pyrrole nitrogens is 1. The predicted octanol–water partition coefficient (Wildman–Crippen LogP) is 1.39. The number of fused-ring (bicyclic) bond motifs is 1. The average molecular weight is 193 g/mol. The Morgan fingerprint density at radius 1 is 1.29 bits per heavy atom. The van der Waals surface area contributed by atoms with E-state index in [1.54, 1.807) is 0 Å². The molecule has 0 aliphatic heterocycles. The van der Waals surface area contributed by atoms with Gasteiger partial charge in [-0.2, -0.15) is 0 Å². The highest BCUT2D eigenvalue weighted by Gasteiger charge is 2.13. The van der Waals surface area contributed by atoms with Crippen molar-refractivity contribution in [3.05, 3.63) is 17.2 Å². The Morgan fingerprint density at radius 3 is 2.79 bits per heavy atom. The quantitative estimate of drug-likeness (QED) is 0.786. The van der Waals surface area contributed by atoms with Crippen LogP contribution in [0.4, 0.5) is 0 Å². The Bertz CT molecular complexity index is 278. The Hall–Kier alpha value is -0.830. The van der Waals surface area contributed by atoms with Crippen LogP contribution in [0.3, 0.4) is 0 Å². The van der Waals surface area contributed by atoms with Gasteiger partial charge in [0.25, 0.3) is 0 Å². The van der Waals surface area contributed by atoms with Crippen molar-refractivity contribution in [3.63, 3.8) is 0 Å². The second kappa shape index (κ2) is 4.13. The zero-order valence-corrected chi connectivity index (χ0v) is 9.14. The first-order valence-corrected chi connectivity index (χ1v) is 5.47. The number of hydrogen-bond acceptors (Lipinski definition) is 2. The lowest BCUT2D eigenvalue weighted by Gasteiger charge is -2.07. The molecule has 14 heavy (non-hydrogen) atoms. The number of likely N-dealkylation sites (N-methyl/N-ethyl adjacent to an activating group) is 1. The standard InChI is InChI=1S/C11H19N3/c1-14(2)8-7-11-12-9-5-3-4-6-10(9)13-11/h3-8H2,1-2H3,(H,12,13). The molecule has 0 fully saturated rings. The summed E-state index contributed by atoms with van der Waals surface area (Å²) in [6, 6.07) is 0. The van der Waals surface area contributed by atoms with E-state index in [1.807, 2.05) is 0 Å². The van der Waals surface area contributed by atoms with E-state index in [9.17, 15) is 0 Å². The van der Waals surface area contributed by atoms with Gasteiger partial charge in [0.15, 0.2) is 0 Å². The largest absolute Gasteiger partial charge is 0.346 e. The van der Waals surface area contributed by atoms with Crippen molar-refractivity contribution < 1.29 is 0 Å². The molecule has 0 atom stereocenters. The van der Waals surface area contributed by atoms with E-state index in [4.69, 9.17) is 0 Å². The molecule has 0 amide bonds. The second-order valence-corrected chi connectivity index (χ2v) is 4.37. The van der Waals surface area contributed by atoms with E-state index < -0.39 is 0 Å². The van der Waals surface area contributed by atoms with Crippen molar-refractivity contribution >= 4 is 0 Å². The summed E-state index contributed by atoms with van der Waals surface area (Å²) in [5.74, 6) is 1.17. The number of aromatic amines is 1. The topological polar surface area (TPSA) is 31.9 Å². The van der Waals surface area contributed by atoms with E-state index >= 15 is 0 Å². The van der Waals surface area contributed by atoms with Crippen LogP contribution < -0.4 is 0 Å². The van der Waals surface area contributed by atoms with Crippen molar-refractivity contribution in [1.29, 1.82) is 0 Å². The normalized spacial score (nSPS) is 15.9. The third kappa shape index (κ3) is 2.15. The van der Waals surface area contributed by atoms with Gasteiger partial charge in [0.05, 0.1) is 5.69 Å². The predicted molar refractivity (Wildman–Crippen MR) is 57.5 cm³/mol. The fourth-order valence-electron chi connectivity index (χ4n) is 1.96. The van der Waals surface area contributed by atoms with Crippen molar-refractivity contribution in [2.75, 3.05) is 20.6 Å². The van der Waals surface area contributed by atoms with Crippen molar-refractivity contribution in [2.24, 2.45) is 0 Å². The lowest BCUT2D eigenvalue weighted by atomic mass is 10.0. The lowest BCUT2D eigenvalue weighted by Crippen LogP contribution is -2.15. The van der Waals surface area contributed by atoms with Gasteiger partial charge in [-0.1, -0.05) is 0 Å². The number of aromatic nitrogens is 2. The van der Waals surface area contributed by atoms with Crippen molar-refractivity contribution in [3.8, 4) is 0 Å². The van der Waals surface area contributed by atoms with Crippen LogP contribution in [0.15, 0.2) is 0 Å². The molecule has 0 aromatic carbocycles. The van der Waals surface area contributed by atoms with Crippen LogP contribution in [0.25, 0.3) is 0 Å². The molecule has 0 bridgehead atoms. The van der Waals surface area contributed by atoms with E-state index in [-0.39, 0.29) is 0 Å². The molecule has 0 saturated heterocycles. The smallest absolute Gasteiger partial charge is 0.107 e. The maximum absolute atomic E-state index is 4.64. The van der Waals surface area contributed by atoms with E-state index in [2.05, 4.69) is 29.0 Å². The molecule has 2 rings (SSSR count). The van der Waals surface area contributed by atoms with Crippen LogP contribution in [-0.2, 0) is 19.3 Å². The Morgan fingerprint density at radius 2 is 2.07 bits per heavy atom. The monoisotopic (exact) mass is 193 g/mol. The summed E-state index contributed by atoms with van der Waals surface area (Å²) >= 11 is 0. The highest BCUT2D eigenvalue weighted by molar-refractivity contribution is 5.17. The zero-order chi connectivity index (χ0) is 9.97. The van der Waals surface area contributed by atoms with Crippen LogP contribution in [0, 0.1) is 0 Å².